The minimum absolute atomic E-state index is 0.000489. The van der Waals surface area contributed by atoms with Crippen LogP contribution in [0.25, 0.3) is 10.8 Å². The van der Waals surface area contributed by atoms with Crippen LogP contribution < -0.4 is 15.3 Å². The summed E-state index contributed by atoms with van der Waals surface area (Å²) >= 11 is 0. The first kappa shape index (κ1) is 17.9. The highest BCUT2D eigenvalue weighted by Gasteiger charge is 2.07. The molecule has 0 aliphatic heterocycles. The van der Waals surface area contributed by atoms with E-state index in [1.807, 2.05) is 36.4 Å². The van der Waals surface area contributed by atoms with Crippen molar-refractivity contribution < 1.29 is 19.6 Å². The molecule has 0 heterocycles. The fourth-order valence-corrected chi connectivity index (χ4v) is 2.42. The second-order valence-electron chi connectivity index (χ2n) is 5.54. The lowest BCUT2D eigenvalue weighted by atomic mass is 10.1. The van der Waals surface area contributed by atoms with Crippen molar-refractivity contribution in [1.82, 2.24) is 5.43 Å². The van der Waals surface area contributed by atoms with Gasteiger partial charge in [-0.2, -0.15) is 5.10 Å². The number of nitrogens with one attached hydrogen (secondary N) is 1. The van der Waals surface area contributed by atoms with Gasteiger partial charge < -0.3 is 9.84 Å². The molecule has 1 N–H and O–H groups in total. The highest BCUT2D eigenvalue weighted by Crippen LogP contribution is 2.25. The fourth-order valence-electron chi connectivity index (χ4n) is 2.42. The van der Waals surface area contributed by atoms with E-state index >= 15 is 0 Å². The van der Waals surface area contributed by atoms with Crippen molar-refractivity contribution in [1.29, 1.82) is 0 Å². The zero-order chi connectivity index (χ0) is 19.2. The lowest BCUT2D eigenvalue weighted by Crippen LogP contribution is -2.24. The molecule has 3 aromatic carbocycles. The van der Waals surface area contributed by atoms with Crippen molar-refractivity contribution in [3.8, 4) is 11.5 Å². The number of hydrazone groups is 1. The molecule has 0 unspecified atom stereocenters. The Balaban J connectivity index is 1.61. The highest BCUT2D eigenvalue weighted by atomic mass is 16.6. The Morgan fingerprint density at radius 3 is 2.74 bits per heavy atom. The first-order valence-electron chi connectivity index (χ1n) is 7.92. The molecule has 8 heteroatoms. The van der Waals surface area contributed by atoms with Gasteiger partial charge in [-0.15, -0.1) is 0 Å². The Kier molecular flexibility index (Phi) is 5.27. The number of amides is 1. The summed E-state index contributed by atoms with van der Waals surface area (Å²) in [6, 6.07) is 16.4. The van der Waals surface area contributed by atoms with Crippen molar-refractivity contribution in [3.63, 3.8) is 0 Å². The Bertz CT molecular complexity index is 1030. The number of carbonyl (C=O) groups excluding carboxylic acids is 1. The highest BCUT2D eigenvalue weighted by molar-refractivity contribution is 5.89. The largest absolute Gasteiger partial charge is 0.872 e. The third-order valence-corrected chi connectivity index (χ3v) is 3.71. The predicted molar refractivity (Wildman–Crippen MR) is 97.7 cm³/mol. The van der Waals surface area contributed by atoms with Crippen LogP contribution in [0.2, 0.25) is 0 Å². The van der Waals surface area contributed by atoms with Crippen molar-refractivity contribution in [2.75, 3.05) is 6.61 Å². The van der Waals surface area contributed by atoms with Crippen LogP contribution in [0.4, 0.5) is 5.69 Å². The molecule has 0 spiro atoms. The zero-order valence-electron chi connectivity index (χ0n) is 14.0. The molecule has 0 fully saturated rings. The summed E-state index contributed by atoms with van der Waals surface area (Å²) in [7, 11) is 0. The quantitative estimate of drug-likeness (QED) is 0.409. The smallest absolute Gasteiger partial charge is 0.277 e. The molecule has 0 aliphatic carbocycles. The molecule has 27 heavy (non-hydrogen) atoms. The van der Waals surface area contributed by atoms with Crippen LogP contribution in [0.1, 0.15) is 5.56 Å². The lowest BCUT2D eigenvalue weighted by molar-refractivity contribution is -0.385. The van der Waals surface area contributed by atoms with E-state index in [2.05, 4.69) is 10.5 Å². The van der Waals surface area contributed by atoms with E-state index in [4.69, 9.17) is 4.74 Å². The van der Waals surface area contributed by atoms with Gasteiger partial charge in [0.2, 0.25) is 0 Å². The SMILES string of the molecule is O=C(COc1cccc2ccccc12)N/N=C\c1cc([N+](=O)[O-])ccc1[O-]. The second kappa shape index (κ2) is 7.96. The molecular weight excluding hydrogens is 350 g/mol. The number of nitro benzene ring substituents is 1. The molecule has 0 saturated carbocycles. The van der Waals surface area contributed by atoms with E-state index in [1.54, 1.807) is 6.07 Å². The van der Waals surface area contributed by atoms with Gasteiger partial charge in [-0.05, 0) is 17.0 Å². The van der Waals surface area contributed by atoms with Crippen LogP contribution in [0.15, 0.2) is 65.8 Å². The first-order chi connectivity index (χ1) is 13.0. The molecule has 3 aromatic rings. The van der Waals surface area contributed by atoms with Crippen LogP contribution in [0.5, 0.6) is 11.5 Å². The number of fused-ring (bicyclic) bond motifs is 1. The molecule has 0 atom stereocenters. The van der Waals surface area contributed by atoms with E-state index in [0.717, 1.165) is 35.2 Å². The van der Waals surface area contributed by atoms with E-state index in [1.165, 1.54) is 0 Å². The summed E-state index contributed by atoms with van der Waals surface area (Å²) in [5, 5.41) is 27.9. The second-order valence-corrected chi connectivity index (χ2v) is 5.54. The number of nitrogens with zero attached hydrogens (tertiary/aromatic N) is 2. The number of hydrogen-bond donors (Lipinski definition) is 1. The van der Waals surface area contributed by atoms with Gasteiger partial charge in [0, 0.05) is 17.5 Å². The van der Waals surface area contributed by atoms with E-state index in [-0.39, 0.29) is 17.9 Å². The van der Waals surface area contributed by atoms with Crippen LogP contribution in [-0.4, -0.2) is 23.7 Å². The molecule has 0 aromatic heterocycles. The maximum absolute atomic E-state index is 11.9. The Hall–Kier alpha value is -3.94. The van der Waals surface area contributed by atoms with Crippen LogP contribution in [0, 0.1) is 10.1 Å². The third kappa shape index (κ3) is 4.37. The van der Waals surface area contributed by atoms with Gasteiger partial charge in [-0.1, -0.05) is 48.2 Å². The summed E-state index contributed by atoms with van der Waals surface area (Å²) in [6.45, 7) is -0.273. The molecule has 0 aliphatic rings. The summed E-state index contributed by atoms with van der Waals surface area (Å²) in [6.07, 6.45) is 1.06. The maximum atomic E-state index is 11.9. The molecule has 136 valence electrons. The molecule has 3 rings (SSSR count). The Morgan fingerprint density at radius 2 is 1.93 bits per heavy atom. The standard InChI is InChI=1S/C19H15N3O5/c23-17-9-8-15(22(25)26)10-14(17)11-20-21-19(24)12-27-18-7-3-5-13-4-1-2-6-16(13)18/h1-11,23H,12H2,(H,21,24)/p-1/b20-11-. The van der Waals surface area contributed by atoms with Gasteiger partial charge in [-0.3, -0.25) is 14.9 Å². The summed E-state index contributed by atoms with van der Waals surface area (Å²) in [5.41, 5.74) is 1.99. The molecule has 8 nitrogen and oxygen atoms in total. The number of rotatable bonds is 6. The van der Waals surface area contributed by atoms with E-state index in [0.29, 0.717) is 5.75 Å². The molecular formula is C19H14N3O5-. The van der Waals surface area contributed by atoms with E-state index in [9.17, 15) is 20.0 Å². The van der Waals surface area contributed by atoms with Crippen molar-refractivity contribution >= 4 is 28.6 Å². The normalized spacial score (nSPS) is 10.8. The Labute approximate surface area is 153 Å². The van der Waals surface area contributed by atoms with Gasteiger partial charge in [0.1, 0.15) is 5.75 Å². The van der Waals surface area contributed by atoms with Crippen LogP contribution >= 0.6 is 0 Å². The van der Waals surface area contributed by atoms with Gasteiger partial charge >= 0.3 is 0 Å². The minimum atomic E-state index is -0.618. The van der Waals surface area contributed by atoms with Crippen molar-refractivity contribution in [3.05, 3.63) is 76.3 Å². The third-order valence-electron chi connectivity index (χ3n) is 3.71. The van der Waals surface area contributed by atoms with Crippen LogP contribution in [-0.2, 0) is 4.79 Å². The summed E-state index contributed by atoms with van der Waals surface area (Å²) in [5.74, 6) is -0.407. The zero-order valence-corrected chi connectivity index (χ0v) is 14.0. The number of nitro groups is 1. The van der Waals surface area contributed by atoms with Gasteiger partial charge in [0.05, 0.1) is 11.1 Å². The Morgan fingerprint density at radius 1 is 1.15 bits per heavy atom. The molecule has 0 saturated heterocycles. The van der Waals surface area contributed by atoms with Gasteiger partial charge in [0.25, 0.3) is 11.6 Å². The topological polar surface area (TPSA) is 117 Å². The minimum Gasteiger partial charge on any atom is -0.872 e. The lowest BCUT2D eigenvalue weighted by Gasteiger charge is -2.09. The number of ether oxygens (including phenoxy) is 1. The van der Waals surface area contributed by atoms with Crippen molar-refractivity contribution in [2.24, 2.45) is 5.10 Å². The molecule has 0 radical (unpaired) electrons. The number of non-ortho nitro benzene ring substituents is 1. The van der Waals surface area contributed by atoms with Crippen molar-refractivity contribution in [2.45, 2.75) is 0 Å². The average Bonchev–Trinajstić information content (AvgIpc) is 2.67. The van der Waals surface area contributed by atoms with E-state index < -0.39 is 16.6 Å². The monoisotopic (exact) mass is 364 g/mol. The fraction of sp³-hybridized carbons (Fsp3) is 0.0526. The summed E-state index contributed by atoms with van der Waals surface area (Å²) < 4.78 is 5.52. The maximum Gasteiger partial charge on any atom is 0.277 e. The van der Waals surface area contributed by atoms with Crippen LogP contribution in [0.3, 0.4) is 0 Å². The average molecular weight is 364 g/mol. The molecule has 1 amide bonds. The number of carbonyl (C=O) groups is 1. The number of benzene rings is 3. The van der Waals surface area contributed by atoms with Gasteiger partial charge in [-0.25, -0.2) is 5.43 Å². The predicted octanol–water partition coefficient (Wildman–Crippen LogP) is 2.35. The summed E-state index contributed by atoms with van der Waals surface area (Å²) in [4.78, 5) is 22.0. The first-order valence-corrected chi connectivity index (χ1v) is 7.92. The molecule has 0 bridgehead atoms. The number of hydrogen-bond acceptors (Lipinski definition) is 6. The van der Waals surface area contributed by atoms with Gasteiger partial charge in [0.15, 0.2) is 6.61 Å².